The average molecular weight is 341 g/mol. The SMILES string of the molecule is CC(O)c1cc2cc(/N=N/c3cnc(N4CCCC4)s3)ccc2[nH]1. The Balaban J connectivity index is 1.53. The molecule has 0 saturated carbocycles. The maximum absolute atomic E-state index is 9.66. The molecule has 1 saturated heterocycles. The number of aliphatic hydroxyl groups is 1. The second kappa shape index (κ2) is 6.33. The van der Waals surface area contributed by atoms with Gasteiger partial charge in [0.2, 0.25) is 0 Å². The Morgan fingerprint density at radius 1 is 1.25 bits per heavy atom. The molecule has 0 spiro atoms. The number of benzene rings is 1. The van der Waals surface area contributed by atoms with E-state index in [1.54, 1.807) is 24.5 Å². The normalized spacial score (nSPS) is 16.5. The van der Waals surface area contributed by atoms with Gasteiger partial charge in [0, 0.05) is 29.7 Å². The molecule has 24 heavy (non-hydrogen) atoms. The van der Waals surface area contributed by atoms with E-state index in [1.807, 2.05) is 24.3 Å². The Bertz CT molecular complexity index is 876. The monoisotopic (exact) mass is 341 g/mol. The summed E-state index contributed by atoms with van der Waals surface area (Å²) in [6, 6.07) is 7.77. The first-order chi connectivity index (χ1) is 11.7. The molecule has 0 aliphatic carbocycles. The van der Waals surface area contributed by atoms with Gasteiger partial charge in [0.1, 0.15) is 0 Å². The number of hydrogen-bond donors (Lipinski definition) is 2. The van der Waals surface area contributed by atoms with Crippen LogP contribution < -0.4 is 4.90 Å². The number of nitrogens with one attached hydrogen (secondary N) is 1. The molecule has 1 atom stereocenters. The number of aliphatic hydroxyl groups excluding tert-OH is 1. The molecule has 0 radical (unpaired) electrons. The van der Waals surface area contributed by atoms with Crippen molar-refractivity contribution in [3.63, 3.8) is 0 Å². The summed E-state index contributed by atoms with van der Waals surface area (Å²) < 4.78 is 0. The standard InChI is InChI=1S/C17H19N5OS/c1-11(23)15-9-12-8-13(4-5-14(12)19-15)20-21-16-10-18-17(24-16)22-6-2-3-7-22/h4-5,8-11,19,23H,2-3,6-7H2,1H3/b21-20+. The molecular formula is C17H19N5OS. The minimum Gasteiger partial charge on any atom is -0.387 e. The third-order valence-corrected chi connectivity index (χ3v) is 5.14. The minimum absolute atomic E-state index is 0.510. The zero-order valence-electron chi connectivity index (χ0n) is 13.4. The van der Waals surface area contributed by atoms with Crippen molar-refractivity contribution in [2.45, 2.75) is 25.9 Å². The second-order valence-corrected chi connectivity index (χ2v) is 7.03. The lowest BCUT2D eigenvalue weighted by Gasteiger charge is -2.11. The molecule has 7 heteroatoms. The Labute approximate surface area is 143 Å². The lowest BCUT2D eigenvalue weighted by Crippen LogP contribution is -2.16. The third-order valence-electron chi connectivity index (χ3n) is 4.20. The minimum atomic E-state index is -0.510. The van der Waals surface area contributed by atoms with Gasteiger partial charge in [0.25, 0.3) is 0 Å². The maximum Gasteiger partial charge on any atom is 0.187 e. The van der Waals surface area contributed by atoms with Gasteiger partial charge in [-0.15, -0.1) is 10.2 Å². The van der Waals surface area contributed by atoms with E-state index in [0.29, 0.717) is 0 Å². The summed E-state index contributed by atoms with van der Waals surface area (Å²) in [6.45, 7) is 3.91. The first kappa shape index (κ1) is 15.3. The smallest absolute Gasteiger partial charge is 0.187 e. The topological polar surface area (TPSA) is 76.9 Å². The molecule has 4 rings (SSSR count). The highest BCUT2D eigenvalue weighted by molar-refractivity contribution is 7.19. The summed E-state index contributed by atoms with van der Waals surface area (Å²) in [4.78, 5) is 9.93. The number of aromatic amines is 1. The van der Waals surface area contributed by atoms with Crippen LogP contribution in [0.3, 0.4) is 0 Å². The Morgan fingerprint density at radius 3 is 2.88 bits per heavy atom. The van der Waals surface area contributed by atoms with Gasteiger partial charge in [0.05, 0.1) is 18.0 Å². The van der Waals surface area contributed by atoms with Gasteiger partial charge in [-0.05, 0) is 44.0 Å². The lowest BCUT2D eigenvalue weighted by atomic mass is 10.2. The van der Waals surface area contributed by atoms with Gasteiger partial charge in [-0.3, -0.25) is 0 Å². The number of fused-ring (bicyclic) bond motifs is 1. The molecule has 1 unspecified atom stereocenters. The van der Waals surface area contributed by atoms with E-state index in [-0.39, 0.29) is 0 Å². The highest BCUT2D eigenvalue weighted by Crippen LogP contribution is 2.32. The highest BCUT2D eigenvalue weighted by atomic mass is 32.1. The Kier molecular flexibility index (Phi) is 4.03. The molecule has 3 heterocycles. The van der Waals surface area contributed by atoms with Crippen molar-refractivity contribution in [3.05, 3.63) is 36.2 Å². The molecule has 1 aliphatic heterocycles. The van der Waals surface area contributed by atoms with E-state index in [4.69, 9.17) is 0 Å². The summed E-state index contributed by atoms with van der Waals surface area (Å²) in [5.74, 6) is 0. The molecular weight excluding hydrogens is 322 g/mol. The summed E-state index contributed by atoms with van der Waals surface area (Å²) >= 11 is 1.58. The van der Waals surface area contributed by atoms with Crippen LogP contribution in [0, 0.1) is 0 Å². The van der Waals surface area contributed by atoms with Gasteiger partial charge in [-0.2, -0.15) is 0 Å². The maximum atomic E-state index is 9.66. The molecule has 3 aromatic rings. The van der Waals surface area contributed by atoms with Crippen LogP contribution in [0.25, 0.3) is 10.9 Å². The van der Waals surface area contributed by atoms with Crippen LogP contribution in [-0.4, -0.2) is 28.2 Å². The van der Waals surface area contributed by atoms with Crippen molar-refractivity contribution >= 4 is 38.1 Å². The number of rotatable bonds is 4. The summed E-state index contributed by atoms with van der Waals surface area (Å²) in [5.41, 5.74) is 2.57. The molecule has 2 aromatic heterocycles. The highest BCUT2D eigenvalue weighted by Gasteiger charge is 2.15. The van der Waals surface area contributed by atoms with Crippen molar-refractivity contribution in [1.82, 2.24) is 9.97 Å². The summed E-state index contributed by atoms with van der Waals surface area (Å²) in [7, 11) is 0. The van der Waals surface area contributed by atoms with E-state index in [1.165, 1.54) is 12.8 Å². The zero-order chi connectivity index (χ0) is 16.5. The number of azo groups is 1. The van der Waals surface area contributed by atoms with E-state index in [9.17, 15) is 5.11 Å². The number of hydrogen-bond acceptors (Lipinski definition) is 6. The predicted molar refractivity (Wildman–Crippen MR) is 96.7 cm³/mol. The van der Waals surface area contributed by atoms with Crippen LogP contribution in [0.1, 0.15) is 31.6 Å². The number of anilines is 1. The van der Waals surface area contributed by atoms with E-state index in [0.717, 1.165) is 45.5 Å². The van der Waals surface area contributed by atoms with Gasteiger partial charge in [0.15, 0.2) is 10.1 Å². The van der Waals surface area contributed by atoms with Crippen LogP contribution in [-0.2, 0) is 0 Å². The zero-order valence-corrected chi connectivity index (χ0v) is 14.3. The fourth-order valence-corrected chi connectivity index (χ4v) is 3.69. The first-order valence-corrected chi connectivity index (χ1v) is 8.94. The van der Waals surface area contributed by atoms with E-state index >= 15 is 0 Å². The van der Waals surface area contributed by atoms with Crippen molar-refractivity contribution in [1.29, 1.82) is 0 Å². The number of thiazole rings is 1. The molecule has 0 amide bonds. The number of aromatic nitrogens is 2. The molecule has 1 aromatic carbocycles. The van der Waals surface area contributed by atoms with Crippen molar-refractivity contribution in [3.8, 4) is 0 Å². The molecule has 6 nitrogen and oxygen atoms in total. The largest absolute Gasteiger partial charge is 0.387 e. The van der Waals surface area contributed by atoms with Crippen LogP contribution in [0.4, 0.5) is 15.8 Å². The van der Waals surface area contributed by atoms with Crippen molar-refractivity contribution in [2.24, 2.45) is 10.2 Å². The Hall–Kier alpha value is -2.25. The molecule has 1 fully saturated rings. The number of nitrogens with zero attached hydrogens (tertiary/aromatic N) is 4. The van der Waals surface area contributed by atoms with Crippen LogP contribution in [0.2, 0.25) is 0 Å². The molecule has 124 valence electrons. The molecule has 1 aliphatic rings. The van der Waals surface area contributed by atoms with Crippen molar-refractivity contribution in [2.75, 3.05) is 18.0 Å². The molecule has 2 N–H and O–H groups in total. The average Bonchev–Trinajstić information content (AvgIpc) is 3.30. The Morgan fingerprint density at radius 2 is 2.08 bits per heavy atom. The van der Waals surface area contributed by atoms with Gasteiger partial charge in [-0.25, -0.2) is 4.98 Å². The fraction of sp³-hybridized carbons (Fsp3) is 0.353. The van der Waals surface area contributed by atoms with E-state index < -0.39 is 6.10 Å². The lowest BCUT2D eigenvalue weighted by molar-refractivity contribution is 0.195. The summed E-state index contributed by atoms with van der Waals surface area (Å²) in [5, 5.41) is 21.2. The third kappa shape index (κ3) is 3.05. The van der Waals surface area contributed by atoms with Gasteiger partial charge < -0.3 is 15.0 Å². The quantitative estimate of drug-likeness (QED) is 0.676. The predicted octanol–water partition coefficient (Wildman–Crippen LogP) is 4.69. The van der Waals surface area contributed by atoms with Gasteiger partial charge >= 0.3 is 0 Å². The van der Waals surface area contributed by atoms with Crippen molar-refractivity contribution < 1.29 is 5.11 Å². The van der Waals surface area contributed by atoms with Gasteiger partial charge in [-0.1, -0.05) is 11.3 Å². The van der Waals surface area contributed by atoms with E-state index in [2.05, 4.69) is 25.1 Å². The molecule has 0 bridgehead atoms. The number of H-pyrrole nitrogens is 1. The second-order valence-electron chi connectivity index (χ2n) is 6.05. The van der Waals surface area contributed by atoms with Crippen LogP contribution in [0.5, 0.6) is 0 Å². The summed E-state index contributed by atoms with van der Waals surface area (Å²) in [6.07, 6.45) is 3.74. The fourth-order valence-electron chi connectivity index (χ4n) is 2.89. The first-order valence-electron chi connectivity index (χ1n) is 8.12. The van der Waals surface area contributed by atoms with Crippen LogP contribution in [0.15, 0.2) is 40.7 Å². The van der Waals surface area contributed by atoms with Crippen LogP contribution >= 0.6 is 11.3 Å².